The van der Waals surface area contributed by atoms with E-state index in [1.54, 1.807) is 11.8 Å². The van der Waals surface area contributed by atoms with Crippen LogP contribution in [0.25, 0.3) is 0 Å². The average molecular weight is 449 g/mol. The summed E-state index contributed by atoms with van der Waals surface area (Å²) < 4.78 is 45.9. The number of aryl methyl sites for hydroxylation is 1. The number of carbonyl (C=O) groups excluding carboxylic acids is 2. The molecule has 2 aromatic carbocycles. The van der Waals surface area contributed by atoms with Crippen LogP contribution in [0.2, 0.25) is 0 Å². The van der Waals surface area contributed by atoms with Crippen LogP contribution in [-0.2, 0) is 19.6 Å². The van der Waals surface area contributed by atoms with Gasteiger partial charge in [0.05, 0.1) is 10.5 Å². The molecule has 1 saturated heterocycles. The van der Waals surface area contributed by atoms with Crippen molar-refractivity contribution in [3.05, 3.63) is 59.4 Å². The van der Waals surface area contributed by atoms with Gasteiger partial charge in [-0.25, -0.2) is 17.6 Å². The zero-order valence-corrected chi connectivity index (χ0v) is 18.2. The summed E-state index contributed by atoms with van der Waals surface area (Å²) in [5.74, 6) is -1.11. The smallest absolute Gasteiger partial charge is 0.338 e. The summed E-state index contributed by atoms with van der Waals surface area (Å²) in [6.45, 7) is 4.60. The Labute approximate surface area is 181 Å². The SMILES string of the molecule is Cc1ccc(S(=O)(=O)Nc2ccc(F)cc2)cc1C(=O)OCC(=O)N1CCC[C@H](C)C1. The number of benzene rings is 2. The zero-order chi connectivity index (χ0) is 22.6. The number of ether oxygens (including phenoxy) is 1. The number of esters is 1. The van der Waals surface area contributed by atoms with E-state index in [2.05, 4.69) is 11.6 Å². The van der Waals surface area contributed by atoms with E-state index < -0.39 is 28.4 Å². The van der Waals surface area contributed by atoms with Crippen LogP contribution in [0.5, 0.6) is 0 Å². The summed E-state index contributed by atoms with van der Waals surface area (Å²) in [6, 6.07) is 8.91. The van der Waals surface area contributed by atoms with E-state index >= 15 is 0 Å². The highest BCUT2D eigenvalue weighted by atomic mass is 32.2. The molecule has 0 spiro atoms. The maximum atomic E-state index is 13.0. The largest absolute Gasteiger partial charge is 0.452 e. The van der Waals surface area contributed by atoms with Gasteiger partial charge in [0.1, 0.15) is 5.82 Å². The van der Waals surface area contributed by atoms with Crippen molar-refractivity contribution in [1.29, 1.82) is 0 Å². The fourth-order valence-electron chi connectivity index (χ4n) is 3.43. The van der Waals surface area contributed by atoms with Crippen molar-refractivity contribution in [2.45, 2.75) is 31.6 Å². The van der Waals surface area contributed by atoms with E-state index in [4.69, 9.17) is 4.74 Å². The number of nitrogens with zero attached hydrogens (tertiary/aromatic N) is 1. The minimum absolute atomic E-state index is 0.0572. The molecule has 1 N–H and O–H groups in total. The molecule has 1 atom stereocenters. The second-order valence-electron chi connectivity index (χ2n) is 7.75. The summed E-state index contributed by atoms with van der Waals surface area (Å²) in [5, 5.41) is 0. The minimum Gasteiger partial charge on any atom is -0.452 e. The Morgan fingerprint density at radius 2 is 1.90 bits per heavy atom. The Bertz CT molecular complexity index is 1070. The number of halogens is 1. The van der Waals surface area contributed by atoms with Crippen molar-refractivity contribution in [1.82, 2.24) is 4.90 Å². The lowest BCUT2D eigenvalue weighted by molar-refractivity contribution is -0.136. The Kier molecular flexibility index (Phi) is 6.94. The maximum Gasteiger partial charge on any atom is 0.338 e. The molecular formula is C22H25FN2O5S. The van der Waals surface area contributed by atoms with E-state index in [0.717, 1.165) is 25.0 Å². The first kappa shape index (κ1) is 22.7. The van der Waals surface area contributed by atoms with Crippen LogP contribution in [0.3, 0.4) is 0 Å². The lowest BCUT2D eigenvalue weighted by Gasteiger charge is -2.30. The number of amides is 1. The monoisotopic (exact) mass is 448 g/mol. The lowest BCUT2D eigenvalue weighted by atomic mass is 10.0. The van der Waals surface area contributed by atoms with E-state index in [0.29, 0.717) is 24.6 Å². The van der Waals surface area contributed by atoms with Gasteiger partial charge in [-0.2, -0.15) is 0 Å². The molecule has 0 saturated carbocycles. The number of carbonyl (C=O) groups is 2. The van der Waals surface area contributed by atoms with Crippen LogP contribution in [0.4, 0.5) is 10.1 Å². The number of rotatable bonds is 6. The summed E-state index contributed by atoms with van der Waals surface area (Å²) in [4.78, 5) is 26.4. The third-order valence-electron chi connectivity index (χ3n) is 5.17. The highest BCUT2D eigenvalue weighted by Gasteiger charge is 2.23. The van der Waals surface area contributed by atoms with Crippen molar-refractivity contribution in [2.75, 3.05) is 24.4 Å². The van der Waals surface area contributed by atoms with Crippen LogP contribution >= 0.6 is 0 Å². The first-order chi connectivity index (χ1) is 14.7. The van der Waals surface area contributed by atoms with Gasteiger partial charge >= 0.3 is 5.97 Å². The Hall–Kier alpha value is -2.94. The molecule has 0 bridgehead atoms. The fraction of sp³-hybridized carbons (Fsp3) is 0.364. The summed E-state index contributed by atoms with van der Waals surface area (Å²) in [6.07, 6.45) is 1.98. The van der Waals surface area contributed by atoms with Gasteiger partial charge in [-0.15, -0.1) is 0 Å². The van der Waals surface area contributed by atoms with Crippen molar-refractivity contribution in [2.24, 2.45) is 5.92 Å². The number of anilines is 1. The van der Waals surface area contributed by atoms with Gasteiger partial charge in [0.2, 0.25) is 0 Å². The molecule has 0 unspecified atom stereocenters. The number of hydrogen-bond donors (Lipinski definition) is 1. The van der Waals surface area contributed by atoms with Gasteiger partial charge in [-0.05, 0) is 67.6 Å². The van der Waals surface area contributed by atoms with Crippen LogP contribution in [0.15, 0.2) is 47.4 Å². The number of sulfonamides is 1. The van der Waals surface area contributed by atoms with Crippen molar-refractivity contribution >= 4 is 27.6 Å². The standard InChI is InChI=1S/C22H25FN2O5S/c1-15-4-3-11-25(13-15)21(26)14-30-22(27)20-12-19(10-5-16(20)2)31(28,29)24-18-8-6-17(23)7-9-18/h5-10,12,15,24H,3-4,11,13-14H2,1-2H3/t15-/m0/s1. The molecule has 3 rings (SSSR count). The highest BCUT2D eigenvalue weighted by Crippen LogP contribution is 2.21. The summed E-state index contributed by atoms with van der Waals surface area (Å²) >= 11 is 0. The van der Waals surface area contributed by atoms with Crippen molar-refractivity contribution in [3.63, 3.8) is 0 Å². The molecule has 31 heavy (non-hydrogen) atoms. The molecule has 7 nitrogen and oxygen atoms in total. The minimum atomic E-state index is -4.01. The topological polar surface area (TPSA) is 92.8 Å². The second kappa shape index (κ2) is 9.47. The maximum absolute atomic E-state index is 13.0. The molecule has 1 aliphatic heterocycles. The van der Waals surface area contributed by atoms with E-state index in [1.807, 2.05) is 0 Å². The third-order valence-corrected chi connectivity index (χ3v) is 6.55. The molecule has 1 fully saturated rings. The zero-order valence-electron chi connectivity index (χ0n) is 17.4. The third kappa shape index (κ3) is 5.81. The Morgan fingerprint density at radius 3 is 2.58 bits per heavy atom. The van der Waals surface area contributed by atoms with Crippen molar-refractivity contribution < 1.29 is 27.1 Å². The molecule has 0 aromatic heterocycles. The molecule has 0 radical (unpaired) electrons. The number of nitrogens with one attached hydrogen (secondary N) is 1. The second-order valence-corrected chi connectivity index (χ2v) is 9.43. The Balaban J connectivity index is 1.70. The predicted octanol–water partition coefficient (Wildman–Crippen LogP) is 3.35. The van der Waals surface area contributed by atoms with E-state index in [9.17, 15) is 22.4 Å². The van der Waals surface area contributed by atoms with Crippen molar-refractivity contribution in [3.8, 4) is 0 Å². The van der Waals surface area contributed by atoms with Gasteiger partial charge in [0.15, 0.2) is 6.61 Å². The van der Waals surface area contributed by atoms with Gasteiger partial charge in [0.25, 0.3) is 15.9 Å². The molecule has 1 aliphatic rings. The molecule has 166 valence electrons. The van der Waals surface area contributed by atoms with Gasteiger partial charge < -0.3 is 9.64 Å². The van der Waals surface area contributed by atoms with Crippen LogP contribution < -0.4 is 4.72 Å². The van der Waals surface area contributed by atoms with Crippen LogP contribution in [0, 0.1) is 18.7 Å². The van der Waals surface area contributed by atoms with E-state index in [-0.39, 0.29) is 22.1 Å². The lowest BCUT2D eigenvalue weighted by Crippen LogP contribution is -2.41. The van der Waals surface area contributed by atoms with Gasteiger partial charge in [-0.3, -0.25) is 9.52 Å². The first-order valence-corrected chi connectivity index (χ1v) is 11.5. The molecule has 1 heterocycles. The quantitative estimate of drug-likeness (QED) is 0.684. The number of hydrogen-bond acceptors (Lipinski definition) is 5. The molecule has 9 heteroatoms. The summed E-state index contributed by atoms with van der Waals surface area (Å²) in [7, 11) is -4.01. The number of piperidine rings is 1. The summed E-state index contributed by atoms with van der Waals surface area (Å²) in [5.41, 5.74) is 0.763. The average Bonchev–Trinajstić information content (AvgIpc) is 2.73. The first-order valence-electron chi connectivity index (χ1n) is 9.99. The number of likely N-dealkylation sites (tertiary alicyclic amines) is 1. The van der Waals surface area contributed by atoms with Crippen LogP contribution in [0.1, 0.15) is 35.7 Å². The normalized spacial score (nSPS) is 16.6. The van der Waals surface area contributed by atoms with Gasteiger partial charge in [0, 0.05) is 18.8 Å². The molecule has 2 aromatic rings. The fourth-order valence-corrected chi connectivity index (χ4v) is 4.52. The highest BCUT2D eigenvalue weighted by molar-refractivity contribution is 7.92. The Morgan fingerprint density at radius 1 is 1.19 bits per heavy atom. The van der Waals surface area contributed by atoms with Crippen LogP contribution in [-0.4, -0.2) is 44.9 Å². The van der Waals surface area contributed by atoms with E-state index in [1.165, 1.54) is 30.3 Å². The molecule has 0 aliphatic carbocycles. The molecule has 1 amide bonds. The van der Waals surface area contributed by atoms with Gasteiger partial charge in [-0.1, -0.05) is 13.0 Å². The molecular weight excluding hydrogens is 423 g/mol. The predicted molar refractivity (Wildman–Crippen MR) is 114 cm³/mol.